The number of aliphatic carboxylic acids is 1. The van der Waals surface area contributed by atoms with Gasteiger partial charge in [-0.1, -0.05) is 67.1 Å². The molecular weight excluding hydrogens is 633 g/mol. The molecule has 47 heavy (non-hydrogen) atoms. The van der Waals surface area contributed by atoms with E-state index >= 15 is 0 Å². The molecule has 0 aromatic heterocycles. The molecule has 0 aliphatic heterocycles. The highest BCUT2D eigenvalue weighted by atomic mass is 35.5. The van der Waals surface area contributed by atoms with Gasteiger partial charge in [0.2, 0.25) is 5.91 Å². The van der Waals surface area contributed by atoms with Gasteiger partial charge in [0.25, 0.3) is 5.91 Å². The Kier molecular flexibility index (Phi) is 11.4. The van der Waals surface area contributed by atoms with E-state index in [0.29, 0.717) is 39.4 Å². The van der Waals surface area contributed by atoms with Gasteiger partial charge in [0, 0.05) is 22.8 Å². The lowest BCUT2D eigenvalue weighted by molar-refractivity contribution is -0.274. The highest BCUT2D eigenvalue weighted by Crippen LogP contribution is 2.36. The van der Waals surface area contributed by atoms with Crippen molar-refractivity contribution < 1.29 is 37.4 Å². The summed E-state index contributed by atoms with van der Waals surface area (Å²) in [6.45, 7) is 3.80. The number of hydrogen-bond donors (Lipinski definition) is 3. The third kappa shape index (κ3) is 9.70. The van der Waals surface area contributed by atoms with Gasteiger partial charge in [0.1, 0.15) is 5.75 Å². The molecule has 0 spiro atoms. The molecule has 4 rings (SSSR count). The highest BCUT2D eigenvalue weighted by molar-refractivity contribution is 6.30. The van der Waals surface area contributed by atoms with Crippen LogP contribution in [0.1, 0.15) is 52.7 Å². The van der Waals surface area contributed by atoms with E-state index in [1.54, 1.807) is 42.5 Å². The van der Waals surface area contributed by atoms with Gasteiger partial charge in [-0.25, -0.2) is 0 Å². The zero-order valence-electron chi connectivity index (χ0n) is 25.5. The molecule has 4 aromatic rings. The van der Waals surface area contributed by atoms with Crippen molar-refractivity contribution in [3.05, 3.63) is 124 Å². The molecule has 0 bridgehead atoms. The number of alkyl halides is 3. The number of anilines is 1. The summed E-state index contributed by atoms with van der Waals surface area (Å²) in [5.74, 6) is -3.30. The zero-order chi connectivity index (χ0) is 34.1. The molecule has 0 radical (unpaired) electrons. The maximum absolute atomic E-state index is 14.0. The normalized spacial score (nSPS) is 12.3. The van der Waals surface area contributed by atoms with Gasteiger partial charge >= 0.3 is 12.3 Å². The summed E-state index contributed by atoms with van der Waals surface area (Å²) >= 11 is 6.10. The maximum Gasteiger partial charge on any atom is 0.573 e. The average Bonchev–Trinajstić information content (AvgIpc) is 3.01. The van der Waals surface area contributed by atoms with E-state index in [-0.39, 0.29) is 13.0 Å². The van der Waals surface area contributed by atoms with E-state index in [0.717, 1.165) is 28.8 Å². The van der Waals surface area contributed by atoms with E-state index in [4.69, 9.17) is 16.7 Å². The van der Waals surface area contributed by atoms with Crippen molar-refractivity contribution in [2.75, 3.05) is 11.9 Å². The summed E-state index contributed by atoms with van der Waals surface area (Å²) in [5, 5.41) is 14.9. The number of carboxylic acid groups (broad SMARTS) is 1. The van der Waals surface area contributed by atoms with Crippen LogP contribution in [0.15, 0.2) is 97.1 Å². The number of benzene rings is 4. The molecule has 0 saturated carbocycles. The Labute approximate surface area is 275 Å². The number of carbonyl (C=O) groups is 3. The number of allylic oxidation sites excluding steroid dienone is 1. The Bertz CT molecular complexity index is 1750. The van der Waals surface area contributed by atoms with Gasteiger partial charge in [-0.05, 0) is 95.3 Å². The Morgan fingerprint density at radius 3 is 2.13 bits per heavy atom. The lowest BCUT2D eigenvalue weighted by Gasteiger charge is -2.22. The summed E-state index contributed by atoms with van der Waals surface area (Å²) in [7, 11) is 0. The van der Waals surface area contributed by atoms with Gasteiger partial charge in [-0.15, -0.1) is 13.2 Å². The van der Waals surface area contributed by atoms with Crippen LogP contribution in [0.2, 0.25) is 5.02 Å². The lowest BCUT2D eigenvalue weighted by Crippen LogP contribution is -2.26. The summed E-state index contributed by atoms with van der Waals surface area (Å²) in [6.07, 6.45) is -2.72. The minimum atomic E-state index is -4.87. The fourth-order valence-electron chi connectivity index (χ4n) is 5.05. The average molecular weight is 665 g/mol. The smallest absolute Gasteiger partial charge is 0.481 e. The molecule has 0 unspecified atom stereocenters. The molecule has 2 amide bonds. The van der Waals surface area contributed by atoms with E-state index in [1.165, 1.54) is 12.1 Å². The van der Waals surface area contributed by atoms with Gasteiger partial charge in [0.15, 0.2) is 0 Å². The molecule has 0 fully saturated rings. The largest absolute Gasteiger partial charge is 0.573 e. The topological polar surface area (TPSA) is 105 Å². The number of carbonyl (C=O) groups excluding carboxylic acids is 2. The highest BCUT2D eigenvalue weighted by Gasteiger charge is 2.32. The van der Waals surface area contributed by atoms with Crippen LogP contribution in [-0.2, 0) is 9.59 Å². The monoisotopic (exact) mass is 664 g/mol. The zero-order valence-corrected chi connectivity index (χ0v) is 26.3. The Morgan fingerprint density at radius 2 is 1.55 bits per heavy atom. The second-order valence-corrected chi connectivity index (χ2v) is 11.1. The summed E-state index contributed by atoms with van der Waals surface area (Å²) in [5.41, 5.74) is 5.30. The second kappa shape index (κ2) is 15.5. The van der Waals surface area contributed by atoms with Crippen molar-refractivity contribution in [1.82, 2.24) is 5.32 Å². The maximum atomic E-state index is 14.0. The number of aryl methyl sites for hydroxylation is 1. The fraction of sp³-hybridized carbons (Fsp3) is 0.194. The van der Waals surface area contributed by atoms with E-state index < -0.39 is 35.8 Å². The fourth-order valence-corrected chi connectivity index (χ4v) is 5.28. The number of carboxylic acids is 1. The molecule has 7 nitrogen and oxygen atoms in total. The molecule has 0 heterocycles. The van der Waals surface area contributed by atoms with E-state index in [2.05, 4.69) is 15.4 Å². The SMILES string of the molecule is CC/C=C(\c1ccc(C(=O)NCCC(=O)O)cc1)[C@@H](C(=O)Nc1ccc(-c2ccc(Cl)cc2C)cc1)c1ccc(OC(F)(F)F)cc1. The number of hydrogen-bond acceptors (Lipinski definition) is 4. The van der Waals surface area contributed by atoms with Crippen molar-refractivity contribution in [1.29, 1.82) is 0 Å². The number of nitrogens with one attached hydrogen (secondary N) is 2. The van der Waals surface area contributed by atoms with Crippen LogP contribution in [-0.4, -0.2) is 35.8 Å². The Morgan fingerprint density at radius 1 is 0.915 bits per heavy atom. The lowest BCUT2D eigenvalue weighted by atomic mass is 9.84. The van der Waals surface area contributed by atoms with Crippen LogP contribution in [0, 0.1) is 6.92 Å². The van der Waals surface area contributed by atoms with Crippen LogP contribution >= 0.6 is 11.6 Å². The van der Waals surface area contributed by atoms with Crippen LogP contribution in [0.25, 0.3) is 16.7 Å². The summed E-state index contributed by atoms with van der Waals surface area (Å²) in [6, 6.07) is 24.4. The first-order valence-corrected chi connectivity index (χ1v) is 15.1. The van der Waals surface area contributed by atoms with Crippen molar-refractivity contribution in [2.45, 2.75) is 39.0 Å². The second-order valence-electron chi connectivity index (χ2n) is 10.6. The predicted octanol–water partition coefficient (Wildman–Crippen LogP) is 8.63. The molecule has 4 aromatic carbocycles. The van der Waals surface area contributed by atoms with Crippen molar-refractivity contribution in [3.63, 3.8) is 0 Å². The summed E-state index contributed by atoms with van der Waals surface area (Å²) in [4.78, 5) is 37.3. The minimum absolute atomic E-state index is 0.0342. The minimum Gasteiger partial charge on any atom is -0.481 e. The third-order valence-electron chi connectivity index (χ3n) is 7.20. The molecular formula is C36H32ClF3N2O5. The van der Waals surface area contributed by atoms with E-state index in [1.807, 2.05) is 44.2 Å². The van der Waals surface area contributed by atoms with Crippen LogP contribution in [0.4, 0.5) is 18.9 Å². The number of ether oxygens (including phenoxy) is 1. The molecule has 0 aliphatic rings. The summed E-state index contributed by atoms with van der Waals surface area (Å²) < 4.78 is 42.5. The number of halogens is 4. The molecule has 3 N–H and O–H groups in total. The van der Waals surface area contributed by atoms with Crippen molar-refractivity contribution >= 4 is 40.6 Å². The van der Waals surface area contributed by atoms with Crippen LogP contribution in [0.5, 0.6) is 5.75 Å². The number of rotatable bonds is 12. The first-order valence-electron chi connectivity index (χ1n) is 14.7. The van der Waals surface area contributed by atoms with Crippen molar-refractivity contribution in [3.8, 4) is 16.9 Å². The van der Waals surface area contributed by atoms with Crippen molar-refractivity contribution in [2.24, 2.45) is 0 Å². The Balaban J connectivity index is 1.65. The standard InChI is InChI=1S/C36H32ClF3N2O5/c1-3-4-31(24-5-7-26(8-6-24)34(45)41-20-19-32(43)44)33(25-11-16-29(17-12-25)47-36(38,39)40)35(46)42-28-14-9-23(10-15-28)30-18-13-27(37)21-22(30)2/h4-18,21,33H,3,19-20H2,1-2H3,(H,41,45)(H,42,46)(H,43,44)/b31-4+/t33-/m0/s1. The first kappa shape index (κ1) is 34.8. The third-order valence-corrected chi connectivity index (χ3v) is 7.44. The first-order chi connectivity index (χ1) is 22.3. The van der Waals surface area contributed by atoms with E-state index in [9.17, 15) is 27.6 Å². The molecule has 0 saturated heterocycles. The molecule has 244 valence electrons. The van der Waals surface area contributed by atoms with Gasteiger partial charge in [-0.2, -0.15) is 0 Å². The quantitative estimate of drug-likeness (QED) is 0.141. The number of amides is 2. The van der Waals surface area contributed by atoms with Crippen LogP contribution in [0.3, 0.4) is 0 Å². The Hall–Kier alpha value is -5.09. The molecule has 1 atom stereocenters. The molecule has 0 aliphatic carbocycles. The molecule has 11 heteroatoms. The van der Waals surface area contributed by atoms with Gasteiger partial charge in [-0.3, -0.25) is 14.4 Å². The van der Waals surface area contributed by atoms with Crippen LogP contribution < -0.4 is 15.4 Å². The predicted molar refractivity (Wildman–Crippen MR) is 175 cm³/mol. The van der Waals surface area contributed by atoms with Gasteiger partial charge in [0.05, 0.1) is 12.3 Å². The van der Waals surface area contributed by atoms with Gasteiger partial charge < -0.3 is 20.5 Å².